The van der Waals surface area contributed by atoms with E-state index in [-0.39, 0.29) is 0 Å². The predicted molar refractivity (Wildman–Crippen MR) is 55.6 cm³/mol. The van der Waals surface area contributed by atoms with Crippen LogP contribution in [-0.2, 0) is 8.85 Å². The number of hydrogen-bond donors (Lipinski definition) is 1. The van der Waals surface area contributed by atoms with E-state index in [0.717, 1.165) is 6.04 Å². The lowest BCUT2D eigenvalue weighted by Gasteiger charge is -2.09. The van der Waals surface area contributed by atoms with Gasteiger partial charge in [0.25, 0.3) is 0 Å². The van der Waals surface area contributed by atoms with E-state index in [9.17, 15) is 0 Å². The van der Waals surface area contributed by atoms with Crippen LogP contribution in [0.4, 0.5) is 0 Å². The summed E-state index contributed by atoms with van der Waals surface area (Å²) in [6.45, 7) is 2.20. The van der Waals surface area contributed by atoms with Gasteiger partial charge in [-0.2, -0.15) is 0 Å². The van der Waals surface area contributed by atoms with Crippen molar-refractivity contribution in [3.8, 4) is 0 Å². The largest absolute Gasteiger partial charge is 0.400 e. The molecule has 0 rings (SSSR count). The third-order valence-electron chi connectivity index (χ3n) is 1.57. The van der Waals surface area contributed by atoms with Gasteiger partial charge in [-0.3, -0.25) is 0 Å². The molecule has 0 aliphatic rings. The summed E-state index contributed by atoms with van der Waals surface area (Å²) in [5, 5.41) is 0. The topological polar surface area (TPSA) is 44.5 Å². The minimum Gasteiger partial charge on any atom is -0.400 e. The molecule has 0 heterocycles. The zero-order valence-electron chi connectivity index (χ0n) is 8.80. The van der Waals surface area contributed by atoms with Gasteiger partial charge in [-0.05, 0) is 13.1 Å². The van der Waals surface area contributed by atoms with Crippen LogP contribution < -0.4 is 5.73 Å². The van der Waals surface area contributed by atoms with Crippen molar-refractivity contribution in [3.05, 3.63) is 0 Å². The second kappa shape index (κ2) is 13.7. The van der Waals surface area contributed by atoms with Crippen LogP contribution in [0.2, 0.25) is 6.04 Å². The SMILES string of the molecule is CCCCC[SiH](OC)OC.CN. The number of nitrogens with two attached hydrogens (primary N) is 1. The Morgan fingerprint density at radius 1 is 1.08 bits per heavy atom. The molecule has 0 aliphatic heterocycles. The van der Waals surface area contributed by atoms with Gasteiger partial charge in [0.15, 0.2) is 0 Å². The summed E-state index contributed by atoms with van der Waals surface area (Å²) < 4.78 is 10.3. The summed E-state index contributed by atoms with van der Waals surface area (Å²) in [5.41, 5.74) is 4.50. The Labute approximate surface area is 78.1 Å². The Hall–Kier alpha value is 0.0969. The highest BCUT2D eigenvalue weighted by Crippen LogP contribution is 2.04. The molecule has 2 N–H and O–H groups in total. The maximum absolute atomic E-state index is 5.16. The summed E-state index contributed by atoms with van der Waals surface area (Å²) in [6.07, 6.45) is 3.83. The maximum Gasteiger partial charge on any atom is 0.320 e. The first-order chi connectivity index (χ1) is 5.85. The van der Waals surface area contributed by atoms with E-state index in [1.54, 1.807) is 14.2 Å². The molecule has 0 atom stereocenters. The van der Waals surface area contributed by atoms with Crippen LogP contribution in [-0.4, -0.2) is 30.6 Å². The molecule has 3 nitrogen and oxygen atoms in total. The Morgan fingerprint density at radius 2 is 1.58 bits per heavy atom. The molecular formula is C8H23NO2Si. The molecule has 0 saturated carbocycles. The van der Waals surface area contributed by atoms with Crippen LogP contribution in [0.5, 0.6) is 0 Å². The van der Waals surface area contributed by atoms with Crippen molar-refractivity contribution >= 4 is 9.28 Å². The summed E-state index contributed by atoms with van der Waals surface area (Å²) in [6, 6.07) is 1.15. The molecule has 0 aromatic heterocycles. The summed E-state index contributed by atoms with van der Waals surface area (Å²) in [4.78, 5) is 0. The van der Waals surface area contributed by atoms with Gasteiger partial charge >= 0.3 is 9.28 Å². The van der Waals surface area contributed by atoms with Crippen molar-refractivity contribution < 1.29 is 8.85 Å². The number of hydrogen-bond acceptors (Lipinski definition) is 3. The molecular weight excluding hydrogens is 170 g/mol. The highest BCUT2D eigenvalue weighted by atomic mass is 28.3. The standard InChI is InChI=1S/C7H18O2Si.CH5N/c1-4-5-6-7-10(8-2)9-3;1-2/h10H,4-7H2,1-3H3;2H2,1H3. The smallest absolute Gasteiger partial charge is 0.320 e. The third-order valence-corrected chi connectivity index (χ3v) is 3.50. The first kappa shape index (κ1) is 14.6. The summed E-state index contributed by atoms with van der Waals surface area (Å²) >= 11 is 0. The van der Waals surface area contributed by atoms with Crippen LogP contribution in [0.25, 0.3) is 0 Å². The predicted octanol–water partition coefficient (Wildman–Crippen LogP) is 1.26. The summed E-state index contributed by atoms with van der Waals surface area (Å²) in [5.74, 6) is 0. The first-order valence-corrected chi connectivity index (χ1v) is 6.24. The Balaban J connectivity index is 0. The van der Waals surface area contributed by atoms with E-state index in [1.165, 1.54) is 26.3 Å². The molecule has 76 valence electrons. The van der Waals surface area contributed by atoms with Crippen molar-refractivity contribution in [3.63, 3.8) is 0 Å². The lowest BCUT2D eigenvalue weighted by Crippen LogP contribution is -2.18. The third kappa shape index (κ3) is 10.1. The number of unbranched alkanes of at least 4 members (excludes halogenated alkanes) is 2. The van der Waals surface area contributed by atoms with E-state index in [4.69, 9.17) is 8.85 Å². The van der Waals surface area contributed by atoms with Gasteiger partial charge in [-0.15, -0.1) is 0 Å². The molecule has 4 heteroatoms. The second-order valence-corrected chi connectivity index (χ2v) is 4.78. The van der Waals surface area contributed by atoms with Gasteiger partial charge in [0.05, 0.1) is 0 Å². The Kier molecular flexibility index (Phi) is 16.6. The van der Waals surface area contributed by atoms with Gasteiger partial charge in [0.2, 0.25) is 0 Å². The molecule has 0 amide bonds. The highest BCUT2D eigenvalue weighted by molar-refractivity contribution is 6.44. The zero-order valence-corrected chi connectivity index (χ0v) is 9.95. The summed E-state index contributed by atoms with van der Waals surface area (Å²) in [7, 11) is 3.76. The monoisotopic (exact) mass is 193 g/mol. The molecule has 0 bridgehead atoms. The highest BCUT2D eigenvalue weighted by Gasteiger charge is 2.06. The molecule has 0 saturated heterocycles. The van der Waals surface area contributed by atoms with E-state index in [2.05, 4.69) is 12.7 Å². The lowest BCUT2D eigenvalue weighted by molar-refractivity contribution is 0.276. The van der Waals surface area contributed by atoms with Gasteiger partial charge in [-0.1, -0.05) is 26.2 Å². The van der Waals surface area contributed by atoms with Gasteiger partial charge in [0.1, 0.15) is 0 Å². The molecule has 0 aromatic rings. The molecule has 0 aliphatic carbocycles. The molecule has 0 fully saturated rings. The van der Waals surface area contributed by atoms with Crippen molar-refractivity contribution in [2.24, 2.45) is 5.73 Å². The van der Waals surface area contributed by atoms with Crippen molar-refractivity contribution in [1.82, 2.24) is 0 Å². The fraction of sp³-hybridized carbons (Fsp3) is 1.00. The van der Waals surface area contributed by atoms with Crippen LogP contribution >= 0.6 is 0 Å². The minimum atomic E-state index is -1.22. The van der Waals surface area contributed by atoms with Gasteiger partial charge in [0, 0.05) is 14.2 Å². The fourth-order valence-corrected chi connectivity index (χ4v) is 2.18. The minimum absolute atomic E-state index is 1.15. The molecule has 0 spiro atoms. The molecule has 0 unspecified atom stereocenters. The normalized spacial score (nSPS) is 9.50. The lowest BCUT2D eigenvalue weighted by atomic mass is 10.3. The molecule has 0 aromatic carbocycles. The average molecular weight is 193 g/mol. The molecule has 12 heavy (non-hydrogen) atoms. The Morgan fingerprint density at radius 3 is 1.92 bits per heavy atom. The number of rotatable bonds is 6. The van der Waals surface area contributed by atoms with Crippen LogP contribution in [0.3, 0.4) is 0 Å². The van der Waals surface area contributed by atoms with E-state index < -0.39 is 9.28 Å². The van der Waals surface area contributed by atoms with Crippen LogP contribution in [0.1, 0.15) is 26.2 Å². The Bertz CT molecular complexity index is 70.1. The van der Waals surface area contributed by atoms with Crippen LogP contribution in [0, 0.1) is 0 Å². The van der Waals surface area contributed by atoms with E-state index in [1.807, 2.05) is 0 Å². The van der Waals surface area contributed by atoms with Crippen molar-refractivity contribution in [1.29, 1.82) is 0 Å². The maximum atomic E-state index is 5.16. The average Bonchev–Trinajstić information content (AvgIpc) is 2.16. The fourth-order valence-electron chi connectivity index (χ4n) is 0.893. The van der Waals surface area contributed by atoms with Crippen molar-refractivity contribution in [2.75, 3.05) is 21.3 Å². The van der Waals surface area contributed by atoms with Crippen LogP contribution in [0.15, 0.2) is 0 Å². The van der Waals surface area contributed by atoms with Gasteiger partial charge < -0.3 is 14.6 Å². The first-order valence-electron chi connectivity index (χ1n) is 4.48. The van der Waals surface area contributed by atoms with E-state index >= 15 is 0 Å². The second-order valence-electron chi connectivity index (χ2n) is 2.40. The van der Waals surface area contributed by atoms with E-state index in [0.29, 0.717) is 0 Å². The quantitative estimate of drug-likeness (QED) is 0.510. The van der Waals surface area contributed by atoms with Crippen molar-refractivity contribution in [2.45, 2.75) is 32.2 Å². The van der Waals surface area contributed by atoms with Gasteiger partial charge in [-0.25, -0.2) is 0 Å². The zero-order chi connectivity index (χ0) is 9.82. The molecule has 0 radical (unpaired) electrons.